The maximum atomic E-state index is 12.8. The van der Waals surface area contributed by atoms with Crippen molar-refractivity contribution in [2.75, 3.05) is 18.8 Å². The Hall–Kier alpha value is -2.92. The number of anilines is 1. The van der Waals surface area contributed by atoms with Crippen molar-refractivity contribution in [1.82, 2.24) is 15.1 Å². The Morgan fingerprint density at radius 2 is 1.71 bits per heavy atom. The molecule has 0 atom stereocenters. The second kappa shape index (κ2) is 7.98. The summed E-state index contributed by atoms with van der Waals surface area (Å²) >= 11 is 6.07. The highest BCUT2D eigenvalue weighted by atomic mass is 35.5. The van der Waals surface area contributed by atoms with Gasteiger partial charge in [-0.05, 0) is 60.4 Å². The number of hydrogen-bond donors (Lipinski definition) is 1. The van der Waals surface area contributed by atoms with Crippen molar-refractivity contribution >= 4 is 23.3 Å². The molecular weight excluding hydrogens is 372 g/mol. The summed E-state index contributed by atoms with van der Waals surface area (Å²) in [6.07, 6.45) is 1.76. The van der Waals surface area contributed by atoms with E-state index in [1.54, 1.807) is 6.07 Å². The van der Waals surface area contributed by atoms with Crippen LogP contribution in [0.1, 0.15) is 34.8 Å². The second-order valence-corrected chi connectivity index (χ2v) is 7.47. The van der Waals surface area contributed by atoms with Crippen LogP contribution in [0.3, 0.4) is 0 Å². The lowest BCUT2D eigenvalue weighted by Crippen LogP contribution is -2.38. The Morgan fingerprint density at radius 3 is 2.36 bits per heavy atom. The summed E-state index contributed by atoms with van der Waals surface area (Å²) in [6, 6.07) is 19.1. The fraction of sp³-hybridized carbons (Fsp3) is 0.227. The minimum absolute atomic E-state index is 0.0690. The Morgan fingerprint density at radius 1 is 0.964 bits per heavy atom. The first kappa shape index (κ1) is 18.4. The number of rotatable bonds is 3. The van der Waals surface area contributed by atoms with Gasteiger partial charge in [0.25, 0.3) is 5.91 Å². The topological polar surface area (TPSA) is 72.1 Å². The lowest BCUT2D eigenvalue weighted by atomic mass is 9.93. The summed E-state index contributed by atoms with van der Waals surface area (Å²) in [6.45, 7) is 1.43. The monoisotopic (exact) mass is 392 g/mol. The predicted octanol–water partition coefficient (Wildman–Crippen LogP) is 4.40. The van der Waals surface area contributed by atoms with E-state index in [-0.39, 0.29) is 5.91 Å². The van der Waals surface area contributed by atoms with E-state index < -0.39 is 0 Å². The molecule has 1 aromatic heterocycles. The van der Waals surface area contributed by atoms with E-state index in [2.05, 4.69) is 10.2 Å². The van der Waals surface area contributed by atoms with Gasteiger partial charge in [0.15, 0.2) is 0 Å². The number of piperidine rings is 1. The van der Waals surface area contributed by atoms with Crippen molar-refractivity contribution in [2.45, 2.75) is 18.8 Å². The molecule has 28 heavy (non-hydrogen) atoms. The summed E-state index contributed by atoms with van der Waals surface area (Å²) in [7, 11) is 0. The molecule has 142 valence electrons. The van der Waals surface area contributed by atoms with Gasteiger partial charge in [-0.1, -0.05) is 35.9 Å². The zero-order valence-corrected chi connectivity index (χ0v) is 16.1. The molecule has 1 aliphatic rings. The normalized spacial score (nSPS) is 14.8. The molecule has 0 saturated carbocycles. The Labute approximate surface area is 169 Å². The summed E-state index contributed by atoms with van der Waals surface area (Å²) in [5.41, 5.74) is 9.34. The Kier molecular flexibility index (Phi) is 5.26. The maximum absolute atomic E-state index is 12.8. The molecule has 2 N–H and O–H groups in total. The third-order valence-electron chi connectivity index (χ3n) is 5.20. The molecular formula is C22H21ClN4O. The molecule has 1 aliphatic heterocycles. The molecule has 2 aromatic carbocycles. The molecule has 0 bridgehead atoms. The molecule has 4 rings (SSSR count). The third kappa shape index (κ3) is 3.99. The third-order valence-corrected chi connectivity index (χ3v) is 5.43. The van der Waals surface area contributed by atoms with Crippen LogP contribution in [-0.2, 0) is 0 Å². The quantitative estimate of drug-likeness (QED) is 0.717. The van der Waals surface area contributed by atoms with Crippen molar-refractivity contribution in [2.24, 2.45) is 0 Å². The van der Waals surface area contributed by atoms with E-state index in [9.17, 15) is 4.79 Å². The largest absolute Gasteiger partial charge is 0.382 e. The van der Waals surface area contributed by atoms with Gasteiger partial charge in [0, 0.05) is 29.6 Å². The van der Waals surface area contributed by atoms with Crippen LogP contribution < -0.4 is 5.73 Å². The van der Waals surface area contributed by atoms with Crippen LogP contribution in [0.2, 0.25) is 5.02 Å². The zero-order chi connectivity index (χ0) is 19.5. The molecule has 2 heterocycles. The van der Waals surface area contributed by atoms with E-state index in [4.69, 9.17) is 17.3 Å². The van der Waals surface area contributed by atoms with Crippen molar-refractivity contribution in [1.29, 1.82) is 0 Å². The number of nitrogens with two attached hydrogens (primary N) is 1. The van der Waals surface area contributed by atoms with Crippen LogP contribution in [0, 0.1) is 0 Å². The number of carbonyl (C=O) groups is 1. The number of halogens is 1. The van der Waals surface area contributed by atoms with Gasteiger partial charge >= 0.3 is 0 Å². The van der Waals surface area contributed by atoms with Gasteiger partial charge in [0.2, 0.25) is 0 Å². The summed E-state index contributed by atoms with van der Waals surface area (Å²) in [5, 5.41) is 8.82. The SMILES string of the molecule is Nc1ccc(C2CCN(C(=O)c3ccc(-c4cccc(Cl)c4)cc3)CC2)nn1. The highest BCUT2D eigenvalue weighted by Gasteiger charge is 2.25. The van der Waals surface area contributed by atoms with E-state index in [1.807, 2.05) is 59.5 Å². The predicted molar refractivity (Wildman–Crippen MR) is 111 cm³/mol. The lowest BCUT2D eigenvalue weighted by Gasteiger charge is -2.31. The number of nitrogen functional groups attached to an aromatic ring is 1. The molecule has 1 amide bonds. The highest BCUT2D eigenvalue weighted by molar-refractivity contribution is 6.30. The van der Waals surface area contributed by atoms with Gasteiger partial charge in [0.1, 0.15) is 5.82 Å². The first-order valence-electron chi connectivity index (χ1n) is 9.34. The number of carbonyl (C=O) groups excluding carboxylic acids is 1. The van der Waals surface area contributed by atoms with E-state index in [1.165, 1.54) is 0 Å². The summed E-state index contributed by atoms with van der Waals surface area (Å²) in [5.74, 6) is 0.819. The summed E-state index contributed by atoms with van der Waals surface area (Å²) < 4.78 is 0. The minimum Gasteiger partial charge on any atom is -0.382 e. The summed E-state index contributed by atoms with van der Waals surface area (Å²) in [4.78, 5) is 14.8. The Balaban J connectivity index is 1.40. The maximum Gasteiger partial charge on any atom is 0.253 e. The standard InChI is InChI=1S/C22H21ClN4O/c23-19-3-1-2-18(14-19)15-4-6-17(7-5-15)22(28)27-12-10-16(11-13-27)20-8-9-21(24)26-25-20/h1-9,14,16H,10-13H2,(H2,24,26). The smallest absolute Gasteiger partial charge is 0.253 e. The van der Waals surface area contributed by atoms with Crippen LogP contribution in [0.25, 0.3) is 11.1 Å². The van der Waals surface area contributed by atoms with Crippen LogP contribution in [-0.4, -0.2) is 34.1 Å². The van der Waals surface area contributed by atoms with Gasteiger partial charge in [0.05, 0.1) is 5.69 Å². The zero-order valence-electron chi connectivity index (χ0n) is 15.4. The van der Waals surface area contributed by atoms with E-state index >= 15 is 0 Å². The first-order chi connectivity index (χ1) is 13.6. The highest BCUT2D eigenvalue weighted by Crippen LogP contribution is 2.28. The Bertz CT molecular complexity index is 965. The van der Waals surface area contributed by atoms with Gasteiger partial charge < -0.3 is 10.6 Å². The van der Waals surface area contributed by atoms with Crippen LogP contribution in [0.4, 0.5) is 5.82 Å². The molecule has 3 aromatic rings. The molecule has 0 radical (unpaired) electrons. The fourth-order valence-electron chi connectivity index (χ4n) is 3.60. The number of benzene rings is 2. The minimum atomic E-state index is 0.0690. The lowest BCUT2D eigenvalue weighted by molar-refractivity contribution is 0.0712. The van der Waals surface area contributed by atoms with Crippen molar-refractivity contribution in [3.8, 4) is 11.1 Å². The fourth-order valence-corrected chi connectivity index (χ4v) is 3.80. The second-order valence-electron chi connectivity index (χ2n) is 7.04. The van der Waals surface area contributed by atoms with Gasteiger partial charge in [-0.15, -0.1) is 5.10 Å². The van der Waals surface area contributed by atoms with Crippen molar-refractivity contribution in [3.05, 3.63) is 76.9 Å². The van der Waals surface area contributed by atoms with E-state index in [0.29, 0.717) is 35.4 Å². The molecule has 0 unspecified atom stereocenters. The molecule has 0 spiro atoms. The molecule has 1 saturated heterocycles. The molecule has 5 nitrogen and oxygen atoms in total. The molecule has 6 heteroatoms. The average Bonchev–Trinajstić information content (AvgIpc) is 2.74. The van der Waals surface area contributed by atoms with Crippen LogP contribution in [0.15, 0.2) is 60.7 Å². The van der Waals surface area contributed by atoms with Crippen molar-refractivity contribution in [3.63, 3.8) is 0 Å². The van der Waals surface area contributed by atoms with E-state index in [0.717, 1.165) is 29.7 Å². The van der Waals surface area contributed by atoms with Gasteiger partial charge in [-0.2, -0.15) is 5.10 Å². The number of likely N-dealkylation sites (tertiary alicyclic amines) is 1. The number of amides is 1. The van der Waals surface area contributed by atoms with Crippen LogP contribution >= 0.6 is 11.6 Å². The van der Waals surface area contributed by atoms with Crippen LogP contribution in [0.5, 0.6) is 0 Å². The number of hydrogen-bond acceptors (Lipinski definition) is 4. The average molecular weight is 393 g/mol. The first-order valence-corrected chi connectivity index (χ1v) is 9.72. The van der Waals surface area contributed by atoms with Gasteiger partial charge in [-0.25, -0.2) is 0 Å². The van der Waals surface area contributed by atoms with Crippen molar-refractivity contribution < 1.29 is 4.79 Å². The molecule has 0 aliphatic carbocycles. The molecule has 1 fully saturated rings. The number of nitrogens with zero attached hydrogens (tertiary/aromatic N) is 3. The number of aromatic nitrogens is 2. The van der Waals surface area contributed by atoms with Gasteiger partial charge in [-0.3, -0.25) is 4.79 Å².